The lowest BCUT2D eigenvalue weighted by Gasteiger charge is -2.00. The van der Waals surface area contributed by atoms with Crippen LogP contribution in [0.1, 0.15) is 5.56 Å². The molecule has 0 aromatic carbocycles. The van der Waals surface area contributed by atoms with Crippen molar-refractivity contribution < 1.29 is 0 Å². The topological polar surface area (TPSA) is 45.8 Å². The van der Waals surface area contributed by atoms with Crippen LogP contribution in [-0.4, -0.2) is 9.97 Å². The van der Waals surface area contributed by atoms with Crippen LogP contribution in [0.2, 0.25) is 0 Å². The lowest BCUT2D eigenvalue weighted by atomic mass is 10.2. The summed E-state index contributed by atoms with van der Waals surface area (Å²) in [6.45, 7) is 1.93. The average Bonchev–Trinajstić information content (AvgIpc) is 2.12. The largest absolute Gasteiger partial charge is 0.360 e. The first-order valence-electron chi connectivity index (χ1n) is 3.81. The molecule has 0 unspecified atom stereocenters. The minimum absolute atomic E-state index is 0.0468. The van der Waals surface area contributed by atoms with E-state index in [2.05, 4.69) is 9.97 Å². The second-order valence-electron chi connectivity index (χ2n) is 2.84. The van der Waals surface area contributed by atoms with E-state index in [1.807, 2.05) is 29.5 Å². The molecule has 1 N–H and O–H groups in total. The zero-order valence-corrected chi connectivity index (χ0v) is 9.12. The van der Waals surface area contributed by atoms with Gasteiger partial charge in [0.2, 0.25) is 5.43 Å². The van der Waals surface area contributed by atoms with Gasteiger partial charge in [-0.25, -0.2) is 0 Å². The number of halogens is 1. The zero-order valence-electron chi connectivity index (χ0n) is 6.97. The molecule has 0 fully saturated rings. The van der Waals surface area contributed by atoms with Crippen molar-refractivity contribution in [2.75, 3.05) is 0 Å². The Hall–Kier alpha value is -0.910. The number of pyridine rings is 2. The Labute approximate surface area is 88.3 Å². The maximum atomic E-state index is 11.6. The van der Waals surface area contributed by atoms with Gasteiger partial charge in [-0.2, -0.15) is 0 Å². The second-order valence-corrected chi connectivity index (χ2v) is 4.01. The van der Waals surface area contributed by atoms with Crippen molar-refractivity contribution >= 4 is 33.5 Å². The summed E-state index contributed by atoms with van der Waals surface area (Å²) in [5.74, 6) is 0. The molecular weight excluding hydrogens is 279 g/mol. The quantitative estimate of drug-likeness (QED) is 0.751. The molecule has 0 saturated carbocycles. The lowest BCUT2D eigenvalue weighted by molar-refractivity contribution is 1.25. The first-order chi connectivity index (χ1) is 6.20. The van der Waals surface area contributed by atoms with Crippen molar-refractivity contribution in [1.29, 1.82) is 0 Å². The Morgan fingerprint density at radius 1 is 1.46 bits per heavy atom. The second kappa shape index (κ2) is 3.10. The Morgan fingerprint density at radius 2 is 2.23 bits per heavy atom. The maximum absolute atomic E-state index is 11.6. The van der Waals surface area contributed by atoms with E-state index in [0.717, 1.165) is 11.1 Å². The summed E-state index contributed by atoms with van der Waals surface area (Å²) in [4.78, 5) is 18.7. The van der Waals surface area contributed by atoms with E-state index >= 15 is 0 Å². The SMILES string of the molecule is Cc1cncc2c(=O)c(I)c[nH]c12. The molecule has 66 valence electrons. The summed E-state index contributed by atoms with van der Waals surface area (Å²) in [6.07, 6.45) is 5.06. The van der Waals surface area contributed by atoms with Crippen LogP contribution in [-0.2, 0) is 0 Å². The fraction of sp³-hybridized carbons (Fsp3) is 0.111. The minimum Gasteiger partial charge on any atom is -0.360 e. The monoisotopic (exact) mass is 286 g/mol. The Balaban J connectivity index is 3.03. The molecular formula is C9H7IN2O. The molecule has 2 rings (SSSR count). The third-order valence-electron chi connectivity index (χ3n) is 1.94. The molecule has 2 aromatic heterocycles. The first-order valence-corrected chi connectivity index (χ1v) is 4.89. The van der Waals surface area contributed by atoms with Crippen LogP contribution in [0, 0.1) is 10.5 Å². The standard InChI is InChI=1S/C9H7IN2O/c1-5-2-11-3-6-8(5)12-4-7(10)9(6)13/h2-4H,1H3,(H,12,13). The van der Waals surface area contributed by atoms with E-state index in [9.17, 15) is 4.79 Å². The van der Waals surface area contributed by atoms with Gasteiger partial charge in [0.1, 0.15) is 0 Å². The van der Waals surface area contributed by atoms with Crippen LogP contribution in [0.15, 0.2) is 23.4 Å². The number of aromatic amines is 1. The Bertz CT molecular complexity index is 518. The molecule has 0 radical (unpaired) electrons. The van der Waals surface area contributed by atoms with Gasteiger partial charge in [0.15, 0.2) is 0 Å². The highest BCUT2D eigenvalue weighted by Gasteiger charge is 2.03. The molecule has 0 aliphatic heterocycles. The third kappa shape index (κ3) is 1.35. The predicted molar refractivity (Wildman–Crippen MR) is 59.8 cm³/mol. The van der Waals surface area contributed by atoms with Crippen LogP contribution in [0.25, 0.3) is 10.9 Å². The molecule has 0 amide bonds. The molecule has 0 saturated heterocycles. The van der Waals surface area contributed by atoms with E-state index in [-0.39, 0.29) is 5.43 Å². The minimum atomic E-state index is 0.0468. The van der Waals surface area contributed by atoms with Gasteiger partial charge in [0.25, 0.3) is 0 Å². The Morgan fingerprint density at radius 3 is 3.00 bits per heavy atom. The van der Waals surface area contributed by atoms with Gasteiger partial charge in [0.05, 0.1) is 14.5 Å². The van der Waals surface area contributed by atoms with Gasteiger partial charge < -0.3 is 4.98 Å². The molecule has 0 bridgehead atoms. The summed E-state index contributed by atoms with van der Waals surface area (Å²) < 4.78 is 0.692. The molecule has 0 aliphatic carbocycles. The van der Waals surface area contributed by atoms with Crippen LogP contribution < -0.4 is 5.43 Å². The maximum Gasteiger partial charge on any atom is 0.204 e. The summed E-state index contributed by atoms with van der Waals surface area (Å²) in [5.41, 5.74) is 1.91. The van der Waals surface area contributed by atoms with Crippen molar-refractivity contribution in [3.8, 4) is 0 Å². The molecule has 3 nitrogen and oxygen atoms in total. The molecule has 0 spiro atoms. The zero-order chi connectivity index (χ0) is 9.42. The number of H-pyrrole nitrogens is 1. The lowest BCUT2D eigenvalue weighted by Crippen LogP contribution is -2.07. The fourth-order valence-electron chi connectivity index (χ4n) is 1.26. The number of nitrogens with zero attached hydrogens (tertiary/aromatic N) is 1. The van der Waals surface area contributed by atoms with E-state index < -0.39 is 0 Å². The van der Waals surface area contributed by atoms with Gasteiger partial charge in [0, 0.05) is 18.6 Å². The highest BCUT2D eigenvalue weighted by atomic mass is 127. The smallest absolute Gasteiger partial charge is 0.204 e. The fourth-order valence-corrected chi connectivity index (χ4v) is 1.70. The average molecular weight is 286 g/mol. The predicted octanol–water partition coefficient (Wildman–Crippen LogP) is 1.84. The number of rotatable bonds is 0. The molecule has 2 heterocycles. The van der Waals surface area contributed by atoms with Crippen LogP contribution in [0.3, 0.4) is 0 Å². The normalized spacial score (nSPS) is 10.6. The van der Waals surface area contributed by atoms with E-state index in [0.29, 0.717) is 8.96 Å². The number of nitrogens with one attached hydrogen (secondary N) is 1. The number of hydrogen-bond acceptors (Lipinski definition) is 2. The van der Waals surface area contributed by atoms with Crippen LogP contribution in [0.5, 0.6) is 0 Å². The van der Waals surface area contributed by atoms with Gasteiger partial charge in [-0.1, -0.05) is 0 Å². The highest BCUT2D eigenvalue weighted by Crippen LogP contribution is 2.11. The molecule has 0 aliphatic rings. The number of fused-ring (bicyclic) bond motifs is 1. The van der Waals surface area contributed by atoms with E-state index in [4.69, 9.17) is 0 Å². The number of aryl methyl sites for hydroxylation is 1. The van der Waals surface area contributed by atoms with Crippen LogP contribution >= 0.6 is 22.6 Å². The van der Waals surface area contributed by atoms with Crippen molar-refractivity contribution in [2.45, 2.75) is 6.92 Å². The van der Waals surface area contributed by atoms with E-state index in [1.54, 1.807) is 18.6 Å². The summed E-state index contributed by atoms with van der Waals surface area (Å²) >= 11 is 2.01. The van der Waals surface area contributed by atoms with Crippen molar-refractivity contribution in [3.05, 3.63) is 37.9 Å². The van der Waals surface area contributed by atoms with Gasteiger partial charge in [-0.3, -0.25) is 9.78 Å². The summed E-state index contributed by atoms with van der Waals surface area (Å²) in [6, 6.07) is 0. The highest BCUT2D eigenvalue weighted by molar-refractivity contribution is 14.1. The number of aromatic nitrogens is 2. The number of hydrogen-bond donors (Lipinski definition) is 1. The Kier molecular flexibility index (Phi) is 2.07. The van der Waals surface area contributed by atoms with Crippen molar-refractivity contribution in [1.82, 2.24) is 9.97 Å². The summed E-state index contributed by atoms with van der Waals surface area (Å²) in [7, 11) is 0. The van der Waals surface area contributed by atoms with Gasteiger partial charge in [-0.05, 0) is 35.1 Å². The van der Waals surface area contributed by atoms with E-state index in [1.165, 1.54) is 0 Å². The third-order valence-corrected chi connectivity index (χ3v) is 2.74. The van der Waals surface area contributed by atoms with Gasteiger partial charge in [-0.15, -0.1) is 0 Å². The van der Waals surface area contributed by atoms with Gasteiger partial charge >= 0.3 is 0 Å². The molecule has 13 heavy (non-hydrogen) atoms. The van der Waals surface area contributed by atoms with Crippen LogP contribution in [0.4, 0.5) is 0 Å². The van der Waals surface area contributed by atoms with Crippen molar-refractivity contribution in [2.24, 2.45) is 0 Å². The molecule has 0 atom stereocenters. The van der Waals surface area contributed by atoms with Crippen molar-refractivity contribution in [3.63, 3.8) is 0 Å². The summed E-state index contributed by atoms with van der Waals surface area (Å²) in [5, 5.41) is 0.659. The first kappa shape index (κ1) is 8.68. The molecule has 2 aromatic rings. The molecule has 4 heteroatoms.